The molecule has 1 aromatic heterocycles. The molecule has 0 aliphatic rings. The Morgan fingerprint density at radius 2 is 2.04 bits per heavy atom. The first kappa shape index (κ1) is 16.7. The van der Waals surface area contributed by atoms with Crippen LogP contribution in [0.2, 0.25) is 5.15 Å². The Balaban J connectivity index is 1.91. The molecule has 0 radical (unpaired) electrons. The summed E-state index contributed by atoms with van der Waals surface area (Å²) in [4.78, 5) is 0. The van der Waals surface area contributed by atoms with Gasteiger partial charge in [0.25, 0.3) is 0 Å². The van der Waals surface area contributed by atoms with Crippen molar-refractivity contribution >= 4 is 50.8 Å². The lowest BCUT2D eigenvalue weighted by molar-refractivity contribution is 0.411. The Morgan fingerprint density at radius 1 is 1.21 bits per heavy atom. The van der Waals surface area contributed by atoms with Gasteiger partial charge in [-0.25, -0.2) is 0 Å². The van der Waals surface area contributed by atoms with E-state index in [9.17, 15) is 0 Å². The van der Waals surface area contributed by atoms with E-state index in [2.05, 4.69) is 44.2 Å². The monoisotopic (exact) mass is 450 g/mol. The van der Waals surface area contributed by atoms with Gasteiger partial charge in [0.2, 0.25) is 0 Å². The molecule has 5 nitrogen and oxygen atoms in total. The standard InChI is InChI=1S/C17H12ClIN4O/c1-24-15-5-3-11(7-14(15)19)9-21-17-13-6-10(8-20)2-4-12(13)16(18)22-23-17/h2-7H,9H2,1H3,(H,21,23). The van der Waals surface area contributed by atoms with Crippen molar-refractivity contribution in [3.8, 4) is 11.8 Å². The van der Waals surface area contributed by atoms with E-state index in [0.717, 1.165) is 25.7 Å². The minimum atomic E-state index is 0.319. The number of nitriles is 1. The van der Waals surface area contributed by atoms with E-state index in [4.69, 9.17) is 21.6 Å². The second-order valence-corrected chi connectivity index (χ2v) is 6.55. The first-order chi connectivity index (χ1) is 11.6. The second-order valence-electron chi connectivity index (χ2n) is 5.03. The molecular formula is C17H12ClIN4O. The molecule has 0 amide bonds. The normalized spacial score (nSPS) is 10.4. The fraction of sp³-hybridized carbons (Fsp3) is 0.118. The summed E-state index contributed by atoms with van der Waals surface area (Å²) in [5.41, 5.74) is 1.63. The smallest absolute Gasteiger partial charge is 0.159 e. The van der Waals surface area contributed by atoms with Crippen molar-refractivity contribution in [2.24, 2.45) is 0 Å². The van der Waals surface area contributed by atoms with Crippen LogP contribution in [0.15, 0.2) is 36.4 Å². The van der Waals surface area contributed by atoms with Crippen LogP contribution in [0.5, 0.6) is 5.75 Å². The van der Waals surface area contributed by atoms with Crippen molar-refractivity contribution in [3.05, 3.63) is 56.2 Å². The number of rotatable bonds is 4. The van der Waals surface area contributed by atoms with Gasteiger partial charge in [0.1, 0.15) is 5.75 Å². The fourth-order valence-electron chi connectivity index (χ4n) is 2.33. The van der Waals surface area contributed by atoms with Crippen LogP contribution in [0.25, 0.3) is 10.8 Å². The summed E-state index contributed by atoms with van der Waals surface area (Å²) in [7, 11) is 1.65. The lowest BCUT2D eigenvalue weighted by Crippen LogP contribution is -2.04. The highest BCUT2D eigenvalue weighted by Gasteiger charge is 2.09. The Kier molecular flexibility index (Phi) is 5.02. The van der Waals surface area contributed by atoms with Gasteiger partial charge in [0, 0.05) is 17.3 Å². The van der Waals surface area contributed by atoms with Crippen LogP contribution in [0.4, 0.5) is 5.82 Å². The van der Waals surface area contributed by atoms with Gasteiger partial charge >= 0.3 is 0 Å². The third-order valence-electron chi connectivity index (χ3n) is 3.54. The minimum absolute atomic E-state index is 0.319. The summed E-state index contributed by atoms with van der Waals surface area (Å²) in [5, 5.41) is 22.3. The van der Waals surface area contributed by atoms with Crippen LogP contribution >= 0.6 is 34.2 Å². The molecule has 0 bridgehead atoms. The minimum Gasteiger partial charge on any atom is -0.496 e. The van der Waals surface area contributed by atoms with Gasteiger partial charge in [0.15, 0.2) is 11.0 Å². The van der Waals surface area contributed by atoms with E-state index in [-0.39, 0.29) is 0 Å². The topological polar surface area (TPSA) is 70.8 Å². The first-order valence-electron chi connectivity index (χ1n) is 7.04. The molecule has 1 N–H and O–H groups in total. The fourth-order valence-corrected chi connectivity index (χ4v) is 3.33. The number of nitrogens with one attached hydrogen (secondary N) is 1. The molecule has 1 heterocycles. The summed E-state index contributed by atoms with van der Waals surface area (Å²) in [6.07, 6.45) is 0. The number of aromatic nitrogens is 2. The lowest BCUT2D eigenvalue weighted by Gasteiger charge is -2.10. The quantitative estimate of drug-likeness (QED) is 0.597. The van der Waals surface area contributed by atoms with Crippen molar-refractivity contribution in [1.82, 2.24) is 10.2 Å². The molecule has 120 valence electrons. The van der Waals surface area contributed by atoms with Crippen molar-refractivity contribution in [2.75, 3.05) is 12.4 Å². The Morgan fingerprint density at radius 3 is 2.75 bits per heavy atom. The van der Waals surface area contributed by atoms with Gasteiger partial charge in [0.05, 0.1) is 22.3 Å². The van der Waals surface area contributed by atoms with Gasteiger partial charge in [-0.2, -0.15) is 5.26 Å². The van der Waals surface area contributed by atoms with Crippen molar-refractivity contribution in [2.45, 2.75) is 6.54 Å². The maximum absolute atomic E-state index is 9.09. The summed E-state index contributed by atoms with van der Waals surface area (Å²) < 4.78 is 6.30. The third-order valence-corrected chi connectivity index (χ3v) is 4.66. The number of ether oxygens (including phenoxy) is 1. The maximum atomic E-state index is 9.09. The van der Waals surface area contributed by atoms with E-state index in [1.54, 1.807) is 25.3 Å². The van der Waals surface area contributed by atoms with Gasteiger partial charge in [-0.15, -0.1) is 10.2 Å². The molecule has 0 unspecified atom stereocenters. The van der Waals surface area contributed by atoms with Gasteiger partial charge in [-0.3, -0.25) is 0 Å². The van der Waals surface area contributed by atoms with Crippen molar-refractivity contribution in [3.63, 3.8) is 0 Å². The van der Waals surface area contributed by atoms with Crippen LogP contribution < -0.4 is 10.1 Å². The van der Waals surface area contributed by atoms with Gasteiger partial charge in [-0.05, 0) is 58.5 Å². The van der Waals surface area contributed by atoms with Crippen LogP contribution in [-0.4, -0.2) is 17.3 Å². The summed E-state index contributed by atoms with van der Waals surface area (Å²) in [5.74, 6) is 1.44. The second kappa shape index (κ2) is 7.20. The number of benzene rings is 2. The number of nitrogens with zero attached hydrogens (tertiary/aromatic N) is 3. The van der Waals surface area contributed by atoms with E-state index in [0.29, 0.717) is 23.1 Å². The Labute approximate surface area is 157 Å². The molecule has 2 aromatic carbocycles. The van der Waals surface area contributed by atoms with Crippen LogP contribution in [0.3, 0.4) is 0 Å². The average molecular weight is 451 g/mol. The lowest BCUT2D eigenvalue weighted by atomic mass is 10.1. The summed E-state index contributed by atoms with van der Waals surface area (Å²) >= 11 is 8.33. The van der Waals surface area contributed by atoms with Crippen molar-refractivity contribution in [1.29, 1.82) is 5.26 Å². The SMILES string of the molecule is COc1ccc(CNc2nnc(Cl)c3ccc(C#N)cc23)cc1I. The molecule has 0 saturated carbocycles. The highest BCUT2D eigenvalue weighted by atomic mass is 127. The van der Waals surface area contributed by atoms with Crippen LogP contribution in [0.1, 0.15) is 11.1 Å². The highest BCUT2D eigenvalue weighted by molar-refractivity contribution is 14.1. The first-order valence-corrected chi connectivity index (χ1v) is 8.50. The molecule has 0 aliphatic heterocycles. The molecule has 0 fully saturated rings. The molecular weight excluding hydrogens is 439 g/mol. The molecule has 0 saturated heterocycles. The van der Waals surface area contributed by atoms with E-state index in [1.807, 2.05) is 18.2 Å². The predicted molar refractivity (Wildman–Crippen MR) is 102 cm³/mol. The number of fused-ring (bicyclic) bond motifs is 1. The number of hydrogen-bond donors (Lipinski definition) is 1. The number of anilines is 1. The van der Waals surface area contributed by atoms with Gasteiger partial charge < -0.3 is 10.1 Å². The number of halogens is 2. The van der Waals surface area contributed by atoms with Crippen LogP contribution in [0, 0.1) is 14.9 Å². The summed E-state index contributed by atoms with van der Waals surface area (Å²) in [6, 6.07) is 13.3. The Hall–Kier alpha value is -2.11. The maximum Gasteiger partial charge on any atom is 0.159 e. The van der Waals surface area contributed by atoms with E-state index < -0.39 is 0 Å². The number of hydrogen-bond acceptors (Lipinski definition) is 5. The molecule has 3 aromatic rings. The van der Waals surface area contributed by atoms with Crippen LogP contribution in [-0.2, 0) is 6.54 Å². The van der Waals surface area contributed by atoms with E-state index >= 15 is 0 Å². The summed E-state index contributed by atoms with van der Waals surface area (Å²) in [6.45, 7) is 0.572. The number of methoxy groups -OCH3 is 1. The molecule has 0 aliphatic carbocycles. The zero-order valence-electron chi connectivity index (χ0n) is 12.7. The average Bonchev–Trinajstić information content (AvgIpc) is 2.61. The Bertz CT molecular complexity index is 955. The van der Waals surface area contributed by atoms with Gasteiger partial charge in [-0.1, -0.05) is 17.7 Å². The molecule has 3 rings (SSSR count). The molecule has 7 heteroatoms. The molecule has 24 heavy (non-hydrogen) atoms. The van der Waals surface area contributed by atoms with Crippen molar-refractivity contribution < 1.29 is 4.74 Å². The third kappa shape index (κ3) is 3.37. The molecule has 0 spiro atoms. The largest absolute Gasteiger partial charge is 0.496 e. The predicted octanol–water partition coefficient (Wildman–Crippen LogP) is 4.38. The highest BCUT2D eigenvalue weighted by Crippen LogP contribution is 2.28. The zero-order valence-corrected chi connectivity index (χ0v) is 15.6. The molecule has 0 atom stereocenters. The van der Waals surface area contributed by atoms with E-state index in [1.165, 1.54) is 0 Å². The zero-order chi connectivity index (χ0) is 17.1.